The number of pyridine rings is 1. The Hall–Kier alpha value is -2.41. The molecule has 0 unspecified atom stereocenters. The largest absolute Gasteiger partial charge is 0.363 e. The summed E-state index contributed by atoms with van der Waals surface area (Å²) in [6.07, 6.45) is 4.25. The standard InChI is InChI=1S/C9H9N5O2/c10-14-8-7(2-1-3-11-8)9(15)13-6-4-12-16-5-6/h1-5H,10H2,(H,11,14)(H,13,15). The minimum absolute atomic E-state index is 0.302. The van der Waals surface area contributed by atoms with Gasteiger partial charge in [-0.25, -0.2) is 10.8 Å². The zero-order valence-electron chi connectivity index (χ0n) is 8.18. The Balaban J connectivity index is 2.21. The lowest BCUT2D eigenvalue weighted by Gasteiger charge is -2.06. The predicted molar refractivity (Wildman–Crippen MR) is 56.5 cm³/mol. The SMILES string of the molecule is NNc1ncccc1C(=O)Nc1cnoc1. The Morgan fingerprint density at radius 2 is 2.38 bits per heavy atom. The number of hydrazine groups is 1. The summed E-state index contributed by atoms with van der Waals surface area (Å²) < 4.78 is 4.59. The fourth-order valence-corrected chi connectivity index (χ4v) is 1.17. The van der Waals surface area contributed by atoms with Gasteiger partial charge in [-0.05, 0) is 12.1 Å². The van der Waals surface area contributed by atoms with Crippen molar-refractivity contribution in [2.75, 3.05) is 10.7 Å². The smallest absolute Gasteiger partial charge is 0.259 e. The van der Waals surface area contributed by atoms with Crippen molar-refractivity contribution in [1.82, 2.24) is 10.1 Å². The summed E-state index contributed by atoms with van der Waals surface area (Å²) in [4.78, 5) is 15.7. The Kier molecular flexibility index (Phi) is 2.79. The third-order valence-corrected chi connectivity index (χ3v) is 1.88. The number of rotatable bonds is 3. The Morgan fingerprint density at radius 3 is 3.06 bits per heavy atom. The number of nitrogens with two attached hydrogens (primary N) is 1. The molecule has 2 heterocycles. The van der Waals surface area contributed by atoms with Gasteiger partial charge in [0, 0.05) is 6.20 Å². The van der Waals surface area contributed by atoms with Crippen LogP contribution in [0.1, 0.15) is 10.4 Å². The molecule has 16 heavy (non-hydrogen) atoms. The number of hydrogen-bond donors (Lipinski definition) is 3. The Morgan fingerprint density at radius 1 is 1.50 bits per heavy atom. The minimum Gasteiger partial charge on any atom is -0.363 e. The number of aromatic nitrogens is 2. The fraction of sp³-hybridized carbons (Fsp3) is 0. The van der Waals surface area contributed by atoms with Crippen LogP contribution in [0.15, 0.2) is 35.3 Å². The highest BCUT2D eigenvalue weighted by molar-refractivity contribution is 6.07. The molecule has 0 spiro atoms. The molecule has 2 aromatic rings. The number of hydrogen-bond acceptors (Lipinski definition) is 6. The summed E-state index contributed by atoms with van der Waals surface area (Å²) in [5.74, 6) is 5.20. The van der Waals surface area contributed by atoms with Gasteiger partial charge in [0.2, 0.25) is 0 Å². The highest BCUT2D eigenvalue weighted by Gasteiger charge is 2.12. The third kappa shape index (κ3) is 1.98. The van der Waals surface area contributed by atoms with Crippen LogP contribution in [0.2, 0.25) is 0 Å². The van der Waals surface area contributed by atoms with Crippen LogP contribution in [0, 0.1) is 0 Å². The van der Waals surface area contributed by atoms with Crippen molar-refractivity contribution in [2.24, 2.45) is 5.84 Å². The molecular formula is C9H9N5O2. The number of nitrogens with one attached hydrogen (secondary N) is 2. The first-order valence-electron chi connectivity index (χ1n) is 4.43. The zero-order valence-corrected chi connectivity index (χ0v) is 8.18. The van der Waals surface area contributed by atoms with Gasteiger partial charge < -0.3 is 15.3 Å². The van der Waals surface area contributed by atoms with Crippen LogP contribution in [-0.2, 0) is 0 Å². The highest BCUT2D eigenvalue weighted by Crippen LogP contribution is 2.13. The van der Waals surface area contributed by atoms with E-state index in [0.29, 0.717) is 17.1 Å². The molecule has 0 radical (unpaired) electrons. The summed E-state index contributed by atoms with van der Waals surface area (Å²) in [6, 6.07) is 3.24. The number of anilines is 2. The molecule has 0 bridgehead atoms. The molecule has 82 valence electrons. The lowest BCUT2D eigenvalue weighted by atomic mass is 10.2. The van der Waals surface area contributed by atoms with Crippen molar-refractivity contribution in [2.45, 2.75) is 0 Å². The molecule has 2 aromatic heterocycles. The molecule has 7 heteroatoms. The van der Waals surface area contributed by atoms with Crippen molar-refractivity contribution in [3.05, 3.63) is 36.4 Å². The summed E-state index contributed by atoms with van der Waals surface area (Å²) in [6.45, 7) is 0. The lowest BCUT2D eigenvalue weighted by molar-refractivity contribution is 0.102. The van der Waals surface area contributed by atoms with Gasteiger partial charge in [-0.15, -0.1) is 0 Å². The first-order valence-corrected chi connectivity index (χ1v) is 4.43. The average molecular weight is 219 g/mol. The third-order valence-electron chi connectivity index (χ3n) is 1.88. The van der Waals surface area contributed by atoms with Crippen molar-refractivity contribution < 1.29 is 9.32 Å². The van der Waals surface area contributed by atoms with Crippen molar-refractivity contribution in [3.63, 3.8) is 0 Å². The first-order chi connectivity index (χ1) is 7.81. The van der Waals surface area contributed by atoms with E-state index in [1.165, 1.54) is 18.7 Å². The van der Waals surface area contributed by atoms with E-state index in [1.807, 2.05) is 0 Å². The zero-order chi connectivity index (χ0) is 11.4. The van der Waals surface area contributed by atoms with Gasteiger partial charge in [-0.1, -0.05) is 5.16 Å². The number of nitrogens with zero attached hydrogens (tertiary/aromatic N) is 2. The van der Waals surface area contributed by atoms with E-state index < -0.39 is 0 Å². The van der Waals surface area contributed by atoms with E-state index in [0.717, 1.165) is 0 Å². The second kappa shape index (κ2) is 4.41. The van der Waals surface area contributed by atoms with Crippen LogP contribution in [0.4, 0.5) is 11.5 Å². The minimum atomic E-state index is -0.343. The van der Waals surface area contributed by atoms with E-state index in [4.69, 9.17) is 5.84 Å². The Labute approximate surface area is 90.6 Å². The Bertz CT molecular complexity index is 482. The molecule has 0 saturated carbocycles. The molecule has 0 aliphatic rings. The van der Waals surface area contributed by atoms with E-state index in [1.54, 1.807) is 12.1 Å². The van der Waals surface area contributed by atoms with Gasteiger partial charge in [-0.2, -0.15) is 0 Å². The second-order valence-electron chi connectivity index (χ2n) is 2.91. The van der Waals surface area contributed by atoms with Crippen LogP contribution in [0.5, 0.6) is 0 Å². The topological polar surface area (TPSA) is 106 Å². The van der Waals surface area contributed by atoms with E-state index in [-0.39, 0.29) is 5.91 Å². The predicted octanol–water partition coefficient (Wildman–Crippen LogP) is 0.608. The van der Waals surface area contributed by atoms with Crippen molar-refractivity contribution in [1.29, 1.82) is 0 Å². The summed E-state index contributed by atoms with van der Waals surface area (Å²) in [5.41, 5.74) is 3.15. The molecule has 0 aromatic carbocycles. The normalized spacial score (nSPS) is 9.81. The van der Waals surface area contributed by atoms with E-state index in [2.05, 4.69) is 25.4 Å². The lowest BCUT2D eigenvalue weighted by Crippen LogP contribution is -2.18. The van der Waals surface area contributed by atoms with Crippen LogP contribution in [-0.4, -0.2) is 16.0 Å². The molecule has 0 aliphatic heterocycles. The number of nitrogen functional groups attached to an aromatic ring is 1. The molecular weight excluding hydrogens is 210 g/mol. The molecule has 0 atom stereocenters. The van der Waals surface area contributed by atoms with Gasteiger partial charge in [0.1, 0.15) is 12.0 Å². The van der Waals surface area contributed by atoms with Crippen LogP contribution in [0.3, 0.4) is 0 Å². The van der Waals surface area contributed by atoms with Gasteiger partial charge in [-0.3, -0.25) is 4.79 Å². The number of carbonyl (C=O) groups is 1. The quantitative estimate of drug-likeness (QED) is 0.515. The fourth-order valence-electron chi connectivity index (χ4n) is 1.17. The monoisotopic (exact) mass is 219 g/mol. The maximum absolute atomic E-state index is 11.8. The molecule has 0 aliphatic carbocycles. The van der Waals surface area contributed by atoms with Gasteiger partial charge in [0.05, 0.1) is 11.8 Å². The van der Waals surface area contributed by atoms with Crippen LogP contribution in [0.25, 0.3) is 0 Å². The maximum atomic E-state index is 11.8. The number of carbonyl (C=O) groups excluding carboxylic acids is 1. The number of amides is 1. The van der Waals surface area contributed by atoms with E-state index >= 15 is 0 Å². The van der Waals surface area contributed by atoms with Gasteiger partial charge in [0.25, 0.3) is 5.91 Å². The maximum Gasteiger partial charge on any atom is 0.259 e. The molecule has 0 fully saturated rings. The van der Waals surface area contributed by atoms with Crippen molar-refractivity contribution in [3.8, 4) is 0 Å². The van der Waals surface area contributed by atoms with Gasteiger partial charge in [0.15, 0.2) is 5.82 Å². The van der Waals surface area contributed by atoms with Crippen LogP contribution >= 0.6 is 0 Å². The molecule has 2 rings (SSSR count). The highest BCUT2D eigenvalue weighted by atomic mass is 16.5. The first kappa shape index (κ1) is 10.1. The van der Waals surface area contributed by atoms with Crippen molar-refractivity contribution >= 4 is 17.4 Å². The summed E-state index contributed by atoms with van der Waals surface area (Å²) in [5, 5.41) is 6.05. The summed E-state index contributed by atoms with van der Waals surface area (Å²) >= 11 is 0. The molecule has 1 amide bonds. The van der Waals surface area contributed by atoms with Gasteiger partial charge >= 0.3 is 0 Å². The summed E-state index contributed by atoms with van der Waals surface area (Å²) in [7, 11) is 0. The molecule has 7 nitrogen and oxygen atoms in total. The van der Waals surface area contributed by atoms with E-state index in [9.17, 15) is 4.79 Å². The molecule has 0 saturated heterocycles. The average Bonchev–Trinajstić information content (AvgIpc) is 2.81. The second-order valence-corrected chi connectivity index (χ2v) is 2.91. The molecule has 4 N–H and O–H groups in total. The van der Waals surface area contributed by atoms with Crippen LogP contribution < -0.4 is 16.6 Å².